The van der Waals surface area contributed by atoms with E-state index >= 15 is 0 Å². The zero-order valence-electron chi connectivity index (χ0n) is 19.4. The van der Waals surface area contributed by atoms with Crippen molar-refractivity contribution in [3.8, 4) is 5.75 Å². The lowest BCUT2D eigenvalue weighted by molar-refractivity contribution is -0.140. The van der Waals surface area contributed by atoms with Gasteiger partial charge in [-0.2, -0.15) is 0 Å². The van der Waals surface area contributed by atoms with Crippen molar-refractivity contribution < 1.29 is 22.7 Å². The van der Waals surface area contributed by atoms with E-state index in [9.17, 15) is 13.2 Å². The average molecular weight is 491 g/mol. The molecule has 8 heteroatoms. The number of esters is 1. The third-order valence-electron chi connectivity index (χ3n) is 5.67. The predicted octanol–water partition coefficient (Wildman–Crippen LogP) is 5.37. The van der Waals surface area contributed by atoms with E-state index in [2.05, 4.69) is 10.0 Å². The van der Waals surface area contributed by atoms with Gasteiger partial charge in [0.15, 0.2) is 0 Å². The summed E-state index contributed by atoms with van der Waals surface area (Å²) in [6, 6.07) is 26.5. The number of nitrogens with one attached hydrogen (secondary N) is 2. The lowest BCUT2D eigenvalue weighted by Gasteiger charge is -2.21. The SMILES string of the molecule is COC(=O)C[C@H](Nc1ccc(NS(=O)(=O)c2ccc(OC)cc2)c2ccccc12)c1ccccc1. The molecule has 35 heavy (non-hydrogen) atoms. The quantitative estimate of drug-likeness (QED) is 0.307. The van der Waals surface area contributed by atoms with Crippen LogP contribution in [0.2, 0.25) is 0 Å². The molecular formula is C27H26N2O5S. The number of hydrogen-bond acceptors (Lipinski definition) is 6. The van der Waals surface area contributed by atoms with Crippen molar-refractivity contribution in [2.75, 3.05) is 24.3 Å². The highest BCUT2D eigenvalue weighted by atomic mass is 32.2. The van der Waals surface area contributed by atoms with Crippen molar-refractivity contribution in [2.24, 2.45) is 0 Å². The van der Waals surface area contributed by atoms with Crippen molar-refractivity contribution in [3.63, 3.8) is 0 Å². The Bertz CT molecular complexity index is 1420. The second-order valence-corrected chi connectivity index (χ2v) is 9.56. The molecule has 4 rings (SSSR count). The number of methoxy groups -OCH3 is 2. The first-order valence-electron chi connectivity index (χ1n) is 11.0. The van der Waals surface area contributed by atoms with Crippen LogP contribution in [0.1, 0.15) is 18.0 Å². The van der Waals surface area contributed by atoms with Crippen molar-refractivity contribution in [1.82, 2.24) is 0 Å². The number of carbonyl (C=O) groups is 1. The molecule has 0 heterocycles. The molecule has 0 radical (unpaired) electrons. The minimum Gasteiger partial charge on any atom is -0.497 e. The second-order valence-electron chi connectivity index (χ2n) is 7.88. The number of benzene rings is 4. The Balaban J connectivity index is 1.68. The Kier molecular flexibility index (Phi) is 7.22. The van der Waals surface area contributed by atoms with Crippen LogP contribution in [0.3, 0.4) is 0 Å². The Labute approximate surface area is 204 Å². The summed E-state index contributed by atoms with van der Waals surface area (Å²) in [6.07, 6.45) is 0.140. The van der Waals surface area contributed by atoms with Crippen LogP contribution in [-0.2, 0) is 19.6 Å². The molecule has 0 aromatic heterocycles. The van der Waals surface area contributed by atoms with Gasteiger partial charge in [-0.15, -0.1) is 0 Å². The highest BCUT2D eigenvalue weighted by Gasteiger charge is 2.20. The van der Waals surface area contributed by atoms with Gasteiger partial charge >= 0.3 is 5.97 Å². The van der Waals surface area contributed by atoms with Crippen LogP contribution >= 0.6 is 0 Å². The summed E-state index contributed by atoms with van der Waals surface area (Å²) in [6.45, 7) is 0. The van der Waals surface area contributed by atoms with Crippen LogP contribution in [0.5, 0.6) is 5.75 Å². The van der Waals surface area contributed by atoms with Crippen LogP contribution in [0, 0.1) is 0 Å². The Morgan fingerprint density at radius 1 is 0.800 bits per heavy atom. The summed E-state index contributed by atoms with van der Waals surface area (Å²) in [5.74, 6) is 0.240. The minimum atomic E-state index is -3.82. The van der Waals surface area contributed by atoms with Crippen LogP contribution in [0.15, 0.2) is 95.9 Å². The lowest BCUT2D eigenvalue weighted by Crippen LogP contribution is -2.17. The predicted molar refractivity (Wildman–Crippen MR) is 137 cm³/mol. The molecule has 7 nitrogen and oxygen atoms in total. The monoisotopic (exact) mass is 490 g/mol. The zero-order valence-corrected chi connectivity index (χ0v) is 20.2. The molecule has 0 aliphatic rings. The van der Waals surface area contributed by atoms with Gasteiger partial charge in [-0.3, -0.25) is 9.52 Å². The van der Waals surface area contributed by atoms with Gasteiger partial charge in [-0.1, -0.05) is 54.6 Å². The maximum absolute atomic E-state index is 13.0. The van der Waals surface area contributed by atoms with E-state index in [-0.39, 0.29) is 23.3 Å². The summed E-state index contributed by atoms with van der Waals surface area (Å²) in [4.78, 5) is 12.2. The molecule has 0 spiro atoms. The second kappa shape index (κ2) is 10.5. The van der Waals surface area contributed by atoms with E-state index in [0.717, 1.165) is 22.0 Å². The zero-order chi connectivity index (χ0) is 24.8. The smallest absolute Gasteiger partial charge is 0.307 e. The van der Waals surface area contributed by atoms with Gasteiger partial charge < -0.3 is 14.8 Å². The fourth-order valence-corrected chi connectivity index (χ4v) is 4.93. The van der Waals surface area contributed by atoms with Crippen LogP contribution in [0.4, 0.5) is 11.4 Å². The summed E-state index contributed by atoms with van der Waals surface area (Å²) in [5.41, 5.74) is 2.16. The summed E-state index contributed by atoms with van der Waals surface area (Å²) < 4.78 is 38.8. The van der Waals surface area contributed by atoms with Gasteiger partial charge in [0.05, 0.1) is 37.3 Å². The Morgan fingerprint density at radius 3 is 2.03 bits per heavy atom. The topological polar surface area (TPSA) is 93.7 Å². The normalized spacial score (nSPS) is 12.1. The van der Waals surface area contributed by atoms with Gasteiger partial charge in [0, 0.05) is 16.5 Å². The number of fused-ring (bicyclic) bond motifs is 1. The first kappa shape index (κ1) is 24.1. The van der Waals surface area contributed by atoms with Gasteiger partial charge in [-0.25, -0.2) is 8.42 Å². The fourth-order valence-electron chi connectivity index (χ4n) is 3.85. The van der Waals surface area contributed by atoms with Gasteiger partial charge in [0.2, 0.25) is 0 Å². The van der Waals surface area contributed by atoms with E-state index in [4.69, 9.17) is 9.47 Å². The van der Waals surface area contributed by atoms with Gasteiger partial charge in [0.1, 0.15) is 5.75 Å². The molecule has 1 atom stereocenters. The largest absolute Gasteiger partial charge is 0.497 e. The highest BCUT2D eigenvalue weighted by molar-refractivity contribution is 7.92. The Morgan fingerprint density at radius 2 is 1.40 bits per heavy atom. The maximum atomic E-state index is 13.0. The molecule has 0 unspecified atom stereocenters. The summed E-state index contributed by atoms with van der Waals surface area (Å²) in [5, 5.41) is 4.98. The molecule has 4 aromatic rings. The average Bonchev–Trinajstić information content (AvgIpc) is 2.90. The molecule has 0 saturated heterocycles. The highest BCUT2D eigenvalue weighted by Crippen LogP contribution is 2.34. The van der Waals surface area contributed by atoms with Crippen molar-refractivity contribution in [2.45, 2.75) is 17.4 Å². The van der Waals surface area contributed by atoms with Gasteiger partial charge in [0.25, 0.3) is 10.0 Å². The van der Waals surface area contributed by atoms with Crippen molar-refractivity contribution in [3.05, 3.63) is 96.6 Å². The molecule has 0 fully saturated rings. The number of carbonyl (C=O) groups excluding carboxylic acids is 1. The molecule has 0 amide bonds. The lowest BCUT2D eigenvalue weighted by atomic mass is 10.0. The molecule has 0 saturated carbocycles. The van der Waals surface area contributed by atoms with E-state index < -0.39 is 10.0 Å². The molecule has 0 aliphatic carbocycles. The van der Waals surface area contributed by atoms with Crippen LogP contribution < -0.4 is 14.8 Å². The van der Waals surface area contributed by atoms with Crippen molar-refractivity contribution >= 4 is 38.1 Å². The first-order valence-corrected chi connectivity index (χ1v) is 12.5. The number of hydrogen-bond donors (Lipinski definition) is 2. The van der Waals surface area contributed by atoms with Gasteiger partial charge in [-0.05, 0) is 42.0 Å². The summed E-state index contributed by atoms with van der Waals surface area (Å²) >= 11 is 0. The molecule has 0 bridgehead atoms. The molecule has 0 aliphatic heterocycles. The minimum absolute atomic E-state index is 0.131. The summed E-state index contributed by atoms with van der Waals surface area (Å²) in [7, 11) is -0.926. The van der Waals surface area contributed by atoms with Crippen LogP contribution in [0.25, 0.3) is 10.8 Å². The number of ether oxygens (including phenoxy) is 2. The van der Waals surface area contributed by atoms with Crippen molar-refractivity contribution in [1.29, 1.82) is 0 Å². The van der Waals surface area contributed by atoms with E-state index in [1.54, 1.807) is 24.3 Å². The standard InChI is InChI=1S/C27H26N2O5S/c1-33-20-12-14-21(15-13-20)35(31,32)29-25-17-16-24(22-10-6-7-11-23(22)25)28-26(18-27(30)34-2)19-8-4-3-5-9-19/h3-17,26,28-29H,18H2,1-2H3/t26-/m0/s1. The number of anilines is 2. The third kappa shape index (κ3) is 5.55. The van der Waals surface area contributed by atoms with E-state index in [0.29, 0.717) is 11.4 Å². The molecule has 4 aromatic carbocycles. The Hall–Kier alpha value is -4.04. The van der Waals surface area contributed by atoms with Crippen LogP contribution in [-0.4, -0.2) is 28.6 Å². The maximum Gasteiger partial charge on any atom is 0.307 e. The molecule has 180 valence electrons. The first-order chi connectivity index (χ1) is 16.9. The number of sulfonamides is 1. The number of rotatable bonds is 9. The van der Waals surface area contributed by atoms with E-state index in [1.165, 1.54) is 26.4 Å². The molecule has 2 N–H and O–H groups in total. The van der Waals surface area contributed by atoms with E-state index in [1.807, 2.05) is 54.6 Å². The fraction of sp³-hybridized carbons (Fsp3) is 0.148. The third-order valence-corrected chi connectivity index (χ3v) is 7.05. The molecular weight excluding hydrogens is 464 g/mol.